The molecule has 0 saturated heterocycles. The third kappa shape index (κ3) is 15.7. The quantitative estimate of drug-likeness (QED) is 0.130. The van der Waals surface area contributed by atoms with E-state index in [2.05, 4.69) is 63.7 Å². The maximum atomic E-state index is 6.27. The van der Waals surface area contributed by atoms with Crippen molar-refractivity contribution >= 4 is 39.2 Å². The lowest BCUT2D eigenvalue weighted by Gasteiger charge is -2.24. The van der Waals surface area contributed by atoms with E-state index in [1.54, 1.807) is 0 Å². The van der Waals surface area contributed by atoms with E-state index in [0.717, 1.165) is 52.5 Å². The summed E-state index contributed by atoms with van der Waals surface area (Å²) in [6, 6.07) is 0. The maximum Gasteiger partial charge on any atom is 0.0656 e. The number of rotatable bonds is 21. The standard InChI is InChI=1S/C22H52N2O2S2Si2/c1-9-23(10-2)15-17-25-21(29(5)6)13-19-27-28-20-14-22(30(7)8)26-18-16-24(11-3)12-4/h21-22,29-30H,9-20H2,1-8H3. The Morgan fingerprint density at radius 2 is 0.967 bits per heavy atom. The molecule has 0 bridgehead atoms. The highest BCUT2D eigenvalue weighted by Crippen LogP contribution is 2.25. The zero-order valence-electron chi connectivity index (χ0n) is 21.3. The Hall–Kier alpha value is 0.974. The van der Waals surface area contributed by atoms with Crippen LogP contribution in [0.4, 0.5) is 0 Å². The predicted octanol–water partition coefficient (Wildman–Crippen LogP) is 4.65. The van der Waals surface area contributed by atoms with E-state index >= 15 is 0 Å². The summed E-state index contributed by atoms with van der Waals surface area (Å²) in [6.07, 6.45) is 2.42. The molecule has 0 aromatic heterocycles. The lowest BCUT2D eigenvalue weighted by atomic mass is 10.5. The summed E-state index contributed by atoms with van der Waals surface area (Å²) < 4.78 is 12.5. The first-order chi connectivity index (χ1) is 14.4. The Balaban J connectivity index is 3.99. The number of likely N-dealkylation sites (N-methyl/N-ethyl adjacent to an activating group) is 2. The third-order valence-electron chi connectivity index (χ3n) is 5.81. The molecule has 2 unspecified atom stereocenters. The monoisotopic (exact) mass is 496 g/mol. The van der Waals surface area contributed by atoms with Crippen molar-refractivity contribution in [1.82, 2.24) is 9.80 Å². The summed E-state index contributed by atoms with van der Waals surface area (Å²) in [4.78, 5) is 4.89. The molecule has 0 radical (unpaired) electrons. The zero-order chi connectivity index (χ0) is 22.8. The maximum absolute atomic E-state index is 6.27. The topological polar surface area (TPSA) is 24.9 Å². The average Bonchev–Trinajstić information content (AvgIpc) is 2.73. The van der Waals surface area contributed by atoms with Crippen LogP contribution in [0.3, 0.4) is 0 Å². The van der Waals surface area contributed by atoms with Crippen LogP contribution in [0, 0.1) is 0 Å². The fraction of sp³-hybridized carbons (Fsp3) is 1.00. The van der Waals surface area contributed by atoms with Crippen LogP contribution < -0.4 is 0 Å². The van der Waals surface area contributed by atoms with E-state index in [1.807, 2.05) is 21.6 Å². The first-order valence-electron chi connectivity index (χ1n) is 12.3. The first-order valence-corrected chi connectivity index (χ1v) is 20.8. The van der Waals surface area contributed by atoms with Crippen molar-refractivity contribution in [2.75, 3.05) is 64.0 Å². The highest BCUT2D eigenvalue weighted by molar-refractivity contribution is 8.76. The average molecular weight is 497 g/mol. The van der Waals surface area contributed by atoms with Crippen LogP contribution in [-0.4, -0.2) is 103 Å². The van der Waals surface area contributed by atoms with Gasteiger partial charge in [0.2, 0.25) is 0 Å². The summed E-state index contributed by atoms with van der Waals surface area (Å²) >= 11 is 0. The van der Waals surface area contributed by atoms with Gasteiger partial charge < -0.3 is 19.3 Å². The van der Waals surface area contributed by atoms with Crippen LogP contribution in [0.25, 0.3) is 0 Å². The minimum Gasteiger partial charge on any atom is -0.381 e. The van der Waals surface area contributed by atoms with Gasteiger partial charge >= 0.3 is 0 Å². The molecule has 30 heavy (non-hydrogen) atoms. The highest BCUT2D eigenvalue weighted by Gasteiger charge is 2.17. The van der Waals surface area contributed by atoms with Crippen molar-refractivity contribution in [2.24, 2.45) is 0 Å². The Morgan fingerprint density at radius 1 is 0.633 bits per heavy atom. The Bertz CT molecular complexity index is 341. The Labute approximate surface area is 200 Å². The summed E-state index contributed by atoms with van der Waals surface area (Å²) in [7, 11) is 2.55. The molecule has 182 valence electrons. The molecule has 0 aliphatic carbocycles. The van der Waals surface area contributed by atoms with Gasteiger partial charge in [-0.2, -0.15) is 0 Å². The SMILES string of the molecule is CCN(CC)CCOC(CCSSCCC(OCCN(CC)CC)[SiH](C)C)[SiH](C)C. The molecule has 4 nitrogen and oxygen atoms in total. The van der Waals surface area contributed by atoms with Crippen LogP contribution in [0.15, 0.2) is 0 Å². The van der Waals surface area contributed by atoms with Crippen molar-refractivity contribution in [2.45, 2.75) is 78.2 Å². The van der Waals surface area contributed by atoms with Crippen molar-refractivity contribution in [3.8, 4) is 0 Å². The smallest absolute Gasteiger partial charge is 0.0656 e. The van der Waals surface area contributed by atoms with Gasteiger partial charge in [0.15, 0.2) is 0 Å². The highest BCUT2D eigenvalue weighted by atomic mass is 33.1. The fourth-order valence-electron chi connectivity index (χ4n) is 3.41. The second-order valence-corrected chi connectivity index (χ2v) is 17.7. The first kappa shape index (κ1) is 31.0. The van der Waals surface area contributed by atoms with Crippen molar-refractivity contribution in [3.05, 3.63) is 0 Å². The van der Waals surface area contributed by atoms with Gasteiger partial charge in [0, 0.05) is 36.0 Å². The molecule has 0 aliphatic rings. The molecule has 8 heteroatoms. The normalized spacial score (nSPS) is 14.4. The van der Waals surface area contributed by atoms with Crippen LogP contribution in [0.2, 0.25) is 26.2 Å². The van der Waals surface area contributed by atoms with Gasteiger partial charge in [-0.05, 0) is 39.0 Å². The minimum atomic E-state index is -0.764. The molecule has 0 spiro atoms. The van der Waals surface area contributed by atoms with Gasteiger partial charge in [0.1, 0.15) is 0 Å². The van der Waals surface area contributed by atoms with E-state index in [1.165, 1.54) is 24.3 Å². The minimum absolute atomic E-state index is 0.521. The van der Waals surface area contributed by atoms with Crippen LogP contribution >= 0.6 is 21.6 Å². The molecule has 0 fully saturated rings. The number of nitrogens with zero attached hydrogens (tertiary/aromatic N) is 2. The van der Waals surface area contributed by atoms with Gasteiger partial charge in [0.05, 0.1) is 30.8 Å². The van der Waals surface area contributed by atoms with Crippen LogP contribution in [0.5, 0.6) is 0 Å². The van der Waals surface area contributed by atoms with Crippen molar-refractivity contribution < 1.29 is 9.47 Å². The van der Waals surface area contributed by atoms with Gasteiger partial charge in [-0.25, -0.2) is 0 Å². The molecule has 0 aromatic rings. The lowest BCUT2D eigenvalue weighted by molar-refractivity contribution is 0.0796. The summed E-state index contributed by atoms with van der Waals surface area (Å²) in [6.45, 7) is 27.0. The van der Waals surface area contributed by atoms with E-state index in [4.69, 9.17) is 9.47 Å². The third-order valence-corrected chi connectivity index (χ3v) is 12.3. The largest absolute Gasteiger partial charge is 0.381 e. The van der Waals surface area contributed by atoms with Gasteiger partial charge in [-0.1, -0.05) is 75.5 Å². The second-order valence-electron chi connectivity index (χ2n) is 8.58. The summed E-state index contributed by atoms with van der Waals surface area (Å²) in [5, 5.41) is 0. The van der Waals surface area contributed by atoms with Crippen molar-refractivity contribution in [1.29, 1.82) is 0 Å². The number of ether oxygens (including phenoxy) is 2. The molecule has 0 heterocycles. The molecular formula is C22H52N2O2S2Si2. The molecule has 0 N–H and O–H groups in total. The van der Waals surface area contributed by atoms with Gasteiger partial charge in [0.25, 0.3) is 0 Å². The lowest BCUT2D eigenvalue weighted by Crippen LogP contribution is -2.33. The number of hydrogen-bond donors (Lipinski definition) is 0. The Morgan fingerprint density at radius 3 is 1.23 bits per heavy atom. The molecule has 0 amide bonds. The van der Waals surface area contributed by atoms with Gasteiger partial charge in [-0.15, -0.1) is 0 Å². The Kier molecular flexibility index (Phi) is 21.2. The van der Waals surface area contributed by atoms with Gasteiger partial charge in [-0.3, -0.25) is 0 Å². The molecule has 0 aliphatic heterocycles. The second kappa shape index (κ2) is 20.6. The fourth-order valence-corrected chi connectivity index (χ4v) is 8.78. The summed E-state index contributed by atoms with van der Waals surface area (Å²) in [5.41, 5.74) is 1.04. The molecule has 0 aromatic carbocycles. The van der Waals surface area contributed by atoms with E-state index in [0.29, 0.717) is 11.5 Å². The zero-order valence-corrected chi connectivity index (χ0v) is 25.3. The number of hydrogen-bond acceptors (Lipinski definition) is 6. The molecule has 2 atom stereocenters. The van der Waals surface area contributed by atoms with Crippen LogP contribution in [-0.2, 0) is 9.47 Å². The van der Waals surface area contributed by atoms with E-state index in [-0.39, 0.29) is 0 Å². The predicted molar refractivity (Wildman–Crippen MR) is 147 cm³/mol. The van der Waals surface area contributed by atoms with Crippen molar-refractivity contribution in [3.63, 3.8) is 0 Å². The van der Waals surface area contributed by atoms with E-state index < -0.39 is 17.6 Å². The molecule has 0 saturated carbocycles. The molecular weight excluding hydrogens is 445 g/mol. The molecule has 0 rings (SSSR count). The van der Waals surface area contributed by atoms with E-state index in [9.17, 15) is 0 Å². The summed E-state index contributed by atoms with van der Waals surface area (Å²) in [5.74, 6) is 2.41. The van der Waals surface area contributed by atoms with Crippen LogP contribution in [0.1, 0.15) is 40.5 Å².